The molecule has 0 radical (unpaired) electrons. The van der Waals surface area contributed by atoms with Crippen LogP contribution in [0.2, 0.25) is 0 Å². The molecule has 2 aromatic rings. The van der Waals surface area contributed by atoms with Crippen LogP contribution in [-0.4, -0.2) is 55.0 Å². The highest BCUT2D eigenvalue weighted by Gasteiger charge is 2.49. The van der Waals surface area contributed by atoms with Gasteiger partial charge in [0.1, 0.15) is 12.1 Å². The smallest absolute Gasteiger partial charge is 0.325 e. The Balaban J connectivity index is 1.49. The van der Waals surface area contributed by atoms with Crippen molar-refractivity contribution in [2.75, 3.05) is 27.3 Å². The lowest BCUT2D eigenvalue weighted by molar-refractivity contribution is -0.139. The minimum absolute atomic E-state index is 0.276. The number of fused-ring (bicyclic) bond motifs is 1. The standard InChI is InChI=1S/C24H27N3O5/c1-15-5-7-18(8-6-15)24(2)22(29)27(23(30)25-24)14-21(28)26-10-9-16-11-19(31-3)20(32-4)12-17(16)13-26/h5-8,11-12H,9-10,13-14H2,1-4H3,(H,25,30). The van der Waals surface area contributed by atoms with Crippen LogP contribution in [0, 0.1) is 6.92 Å². The van der Waals surface area contributed by atoms with Crippen LogP contribution in [0.1, 0.15) is 29.2 Å². The van der Waals surface area contributed by atoms with Gasteiger partial charge in [-0.05, 0) is 49.1 Å². The molecule has 1 saturated heterocycles. The Hall–Kier alpha value is -3.55. The number of benzene rings is 2. The van der Waals surface area contributed by atoms with Gasteiger partial charge in [0, 0.05) is 13.1 Å². The summed E-state index contributed by atoms with van der Waals surface area (Å²) in [6, 6.07) is 10.7. The molecule has 1 unspecified atom stereocenters. The average molecular weight is 437 g/mol. The van der Waals surface area contributed by atoms with Gasteiger partial charge in [-0.3, -0.25) is 14.5 Å². The first-order valence-electron chi connectivity index (χ1n) is 10.5. The topological polar surface area (TPSA) is 88.2 Å². The number of aryl methyl sites for hydroxylation is 1. The highest BCUT2D eigenvalue weighted by atomic mass is 16.5. The maximum atomic E-state index is 13.1. The quantitative estimate of drug-likeness (QED) is 0.726. The lowest BCUT2D eigenvalue weighted by atomic mass is 9.91. The molecule has 32 heavy (non-hydrogen) atoms. The van der Waals surface area contributed by atoms with Gasteiger partial charge in [-0.1, -0.05) is 29.8 Å². The zero-order chi connectivity index (χ0) is 23.0. The molecule has 1 fully saturated rings. The summed E-state index contributed by atoms with van der Waals surface area (Å²) in [6.45, 7) is 4.20. The Labute approximate surface area is 187 Å². The van der Waals surface area contributed by atoms with E-state index in [1.54, 1.807) is 26.0 Å². The van der Waals surface area contributed by atoms with Crippen LogP contribution in [-0.2, 0) is 28.1 Å². The predicted octanol–water partition coefficient (Wildman–Crippen LogP) is 2.36. The van der Waals surface area contributed by atoms with E-state index in [2.05, 4.69) is 5.32 Å². The molecule has 0 spiro atoms. The molecule has 2 aliphatic rings. The van der Waals surface area contributed by atoms with E-state index < -0.39 is 17.5 Å². The van der Waals surface area contributed by atoms with Crippen molar-refractivity contribution in [3.8, 4) is 11.5 Å². The number of hydrogen-bond acceptors (Lipinski definition) is 5. The molecule has 2 heterocycles. The molecule has 0 aliphatic carbocycles. The predicted molar refractivity (Wildman–Crippen MR) is 117 cm³/mol. The molecule has 4 amide bonds. The summed E-state index contributed by atoms with van der Waals surface area (Å²) in [5.74, 6) is 0.551. The van der Waals surface area contributed by atoms with Crippen LogP contribution in [0.5, 0.6) is 11.5 Å². The first kappa shape index (κ1) is 21.7. The van der Waals surface area contributed by atoms with E-state index in [0.29, 0.717) is 36.6 Å². The minimum Gasteiger partial charge on any atom is -0.493 e. The number of hydrogen-bond donors (Lipinski definition) is 1. The molecule has 2 aliphatic heterocycles. The molecule has 2 aromatic carbocycles. The molecule has 168 valence electrons. The van der Waals surface area contributed by atoms with Crippen LogP contribution in [0.15, 0.2) is 36.4 Å². The zero-order valence-corrected chi connectivity index (χ0v) is 18.7. The molecular formula is C24H27N3O5. The maximum Gasteiger partial charge on any atom is 0.325 e. The lowest BCUT2D eigenvalue weighted by Crippen LogP contribution is -2.45. The van der Waals surface area contributed by atoms with Crippen molar-refractivity contribution < 1.29 is 23.9 Å². The van der Waals surface area contributed by atoms with Crippen molar-refractivity contribution in [3.05, 3.63) is 58.7 Å². The molecular weight excluding hydrogens is 410 g/mol. The molecule has 0 saturated carbocycles. The summed E-state index contributed by atoms with van der Waals surface area (Å²) < 4.78 is 10.7. The normalized spacial score (nSPS) is 20.1. The minimum atomic E-state index is -1.19. The van der Waals surface area contributed by atoms with Crippen LogP contribution < -0.4 is 14.8 Å². The second-order valence-electron chi connectivity index (χ2n) is 8.35. The van der Waals surface area contributed by atoms with E-state index in [9.17, 15) is 14.4 Å². The Morgan fingerprint density at radius 1 is 1.06 bits per heavy atom. The summed E-state index contributed by atoms with van der Waals surface area (Å²) in [5, 5.41) is 2.75. The fourth-order valence-electron chi connectivity index (χ4n) is 4.25. The highest BCUT2D eigenvalue weighted by Crippen LogP contribution is 2.34. The van der Waals surface area contributed by atoms with Gasteiger partial charge < -0.3 is 19.7 Å². The van der Waals surface area contributed by atoms with E-state index in [1.807, 2.05) is 43.3 Å². The van der Waals surface area contributed by atoms with Gasteiger partial charge in [-0.25, -0.2) is 4.79 Å². The number of methoxy groups -OCH3 is 2. The number of carbonyl (C=O) groups is 3. The van der Waals surface area contributed by atoms with Gasteiger partial charge in [0.25, 0.3) is 5.91 Å². The number of carbonyl (C=O) groups excluding carboxylic acids is 3. The van der Waals surface area contributed by atoms with Crippen molar-refractivity contribution in [2.45, 2.75) is 32.4 Å². The first-order chi connectivity index (χ1) is 15.3. The zero-order valence-electron chi connectivity index (χ0n) is 18.7. The summed E-state index contributed by atoms with van der Waals surface area (Å²) in [4.78, 5) is 41.4. The van der Waals surface area contributed by atoms with Gasteiger partial charge in [0.2, 0.25) is 5.91 Å². The molecule has 8 heteroatoms. The number of nitrogens with one attached hydrogen (secondary N) is 1. The monoisotopic (exact) mass is 437 g/mol. The van der Waals surface area contributed by atoms with Crippen molar-refractivity contribution in [1.29, 1.82) is 0 Å². The number of amides is 4. The van der Waals surface area contributed by atoms with E-state index in [-0.39, 0.29) is 12.5 Å². The first-order valence-corrected chi connectivity index (χ1v) is 10.5. The summed E-state index contributed by atoms with van der Waals surface area (Å²) in [5.41, 5.74) is 2.60. The number of nitrogens with zero attached hydrogens (tertiary/aromatic N) is 2. The fraction of sp³-hybridized carbons (Fsp3) is 0.375. The van der Waals surface area contributed by atoms with Crippen LogP contribution >= 0.6 is 0 Å². The second kappa shape index (κ2) is 8.18. The molecule has 1 atom stereocenters. The van der Waals surface area contributed by atoms with Gasteiger partial charge >= 0.3 is 6.03 Å². The summed E-state index contributed by atoms with van der Waals surface area (Å²) in [6.07, 6.45) is 0.655. The third-order valence-corrected chi connectivity index (χ3v) is 6.27. The van der Waals surface area contributed by atoms with E-state index >= 15 is 0 Å². The molecule has 0 bridgehead atoms. The fourth-order valence-corrected chi connectivity index (χ4v) is 4.25. The number of rotatable bonds is 5. The van der Waals surface area contributed by atoms with Crippen molar-refractivity contribution in [3.63, 3.8) is 0 Å². The average Bonchev–Trinajstić information content (AvgIpc) is 3.01. The van der Waals surface area contributed by atoms with Gasteiger partial charge in [-0.2, -0.15) is 0 Å². The van der Waals surface area contributed by atoms with Crippen molar-refractivity contribution in [2.24, 2.45) is 0 Å². The van der Waals surface area contributed by atoms with E-state index in [1.165, 1.54) is 0 Å². The Morgan fingerprint density at radius 2 is 1.69 bits per heavy atom. The summed E-state index contributed by atoms with van der Waals surface area (Å²) in [7, 11) is 3.16. The van der Waals surface area contributed by atoms with Gasteiger partial charge in [0.05, 0.1) is 14.2 Å². The highest BCUT2D eigenvalue weighted by molar-refractivity contribution is 6.09. The number of ether oxygens (including phenoxy) is 2. The van der Waals surface area contributed by atoms with Gasteiger partial charge in [-0.15, -0.1) is 0 Å². The third-order valence-electron chi connectivity index (χ3n) is 6.27. The van der Waals surface area contributed by atoms with E-state index in [0.717, 1.165) is 21.6 Å². The molecule has 8 nitrogen and oxygen atoms in total. The molecule has 0 aromatic heterocycles. The lowest BCUT2D eigenvalue weighted by Gasteiger charge is -2.30. The van der Waals surface area contributed by atoms with Crippen LogP contribution in [0.3, 0.4) is 0 Å². The molecule has 1 N–H and O–H groups in total. The summed E-state index contributed by atoms with van der Waals surface area (Å²) >= 11 is 0. The van der Waals surface area contributed by atoms with Crippen molar-refractivity contribution >= 4 is 17.8 Å². The van der Waals surface area contributed by atoms with Gasteiger partial charge in [0.15, 0.2) is 11.5 Å². The number of urea groups is 1. The van der Waals surface area contributed by atoms with Crippen LogP contribution in [0.4, 0.5) is 4.79 Å². The number of imide groups is 1. The largest absolute Gasteiger partial charge is 0.493 e. The van der Waals surface area contributed by atoms with E-state index in [4.69, 9.17) is 9.47 Å². The Bertz CT molecular complexity index is 1080. The molecule has 4 rings (SSSR count). The SMILES string of the molecule is COc1cc2c(cc1OC)CN(C(=O)CN1C(=O)NC(C)(c3ccc(C)cc3)C1=O)CC2. The Kier molecular flexibility index (Phi) is 5.54. The van der Waals surface area contributed by atoms with Crippen molar-refractivity contribution in [1.82, 2.24) is 15.1 Å². The maximum absolute atomic E-state index is 13.1. The Morgan fingerprint density at radius 3 is 2.31 bits per heavy atom. The second-order valence-corrected chi connectivity index (χ2v) is 8.35. The third kappa shape index (κ3) is 3.66. The van der Waals surface area contributed by atoms with Crippen LogP contribution in [0.25, 0.3) is 0 Å².